The summed E-state index contributed by atoms with van der Waals surface area (Å²) in [5, 5.41) is 0. The Balaban J connectivity index is 1.55. The van der Waals surface area contributed by atoms with Crippen molar-refractivity contribution < 1.29 is 9.47 Å². The smallest absolute Gasteiger partial charge is 0.257 e. The molecule has 5 heteroatoms. The normalized spacial score (nSPS) is 29.5. The van der Waals surface area contributed by atoms with Gasteiger partial charge in [0.2, 0.25) is 0 Å². The van der Waals surface area contributed by atoms with E-state index in [1.54, 1.807) is 0 Å². The zero-order valence-electron chi connectivity index (χ0n) is 10.9. The van der Waals surface area contributed by atoms with Gasteiger partial charge in [-0.05, 0) is 18.9 Å². The Morgan fingerprint density at radius 2 is 1.84 bits per heavy atom. The molecule has 3 aliphatic heterocycles. The molecule has 3 atom stereocenters. The Bertz CT molecular complexity index is 519. The van der Waals surface area contributed by atoms with Crippen LogP contribution in [0.2, 0.25) is 0 Å². The molecule has 100 valence electrons. The van der Waals surface area contributed by atoms with E-state index >= 15 is 0 Å². The highest BCUT2D eigenvalue weighted by atomic mass is 31.1. The lowest BCUT2D eigenvalue weighted by molar-refractivity contribution is 0.189. The van der Waals surface area contributed by atoms with E-state index in [-0.39, 0.29) is 0 Å². The topological polar surface area (TPSA) is 24.9 Å². The first-order valence-electron chi connectivity index (χ1n) is 6.71. The van der Waals surface area contributed by atoms with E-state index in [9.17, 15) is 0 Å². The Kier molecular flexibility index (Phi) is 2.59. The van der Waals surface area contributed by atoms with Crippen LogP contribution in [0.5, 0.6) is 0 Å². The van der Waals surface area contributed by atoms with Gasteiger partial charge in [-0.2, -0.15) is 0 Å². The molecule has 0 bridgehead atoms. The molecule has 2 saturated heterocycles. The molecule has 2 fully saturated rings. The molecule has 0 radical (unpaired) electrons. The van der Waals surface area contributed by atoms with Crippen molar-refractivity contribution in [1.82, 2.24) is 9.34 Å². The molecule has 4 rings (SSSR count). The van der Waals surface area contributed by atoms with Gasteiger partial charge in [-0.1, -0.05) is 30.3 Å². The molecule has 0 saturated carbocycles. The summed E-state index contributed by atoms with van der Waals surface area (Å²) in [6.07, 6.45) is 1.03. The van der Waals surface area contributed by atoms with E-state index in [0.29, 0.717) is 21.0 Å². The van der Waals surface area contributed by atoms with Crippen molar-refractivity contribution in [2.75, 3.05) is 13.2 Å². The van der Waals surface area contributed by atoms with Crippen LogP contribution in [-0.2, 0) is 15.9 Å². The third kappa shape index (κ3) is 1.78. The molecule has 3 heterocycles. The summed E-state index contributed by atoms with van der Waals surface area (Å²) in [6, 6.07) is 11.5. The molecule has 0 aromatic heterocycles. The van der Waals surface area contributed by atoms with E-state index in [1.165, 1.54) is 5.56 Å². The molecule has 3 aliphatic rings. The first kappa shape index (κ1) is 11.4. The van der Waals surface area contributed by atoms with E-state index in [1.807, 2.05) is 0 Å². The van der Waals surface area contributed by atoms with Crippen molar-refractivity contribution in [3.8, 4) is 0 Å². The first-order chi connectivity index (χ1) is 9.33. The lowest BCUT2D eigenvalue weighted by Crippen LogP contribution is -2.26. The summed E-state index contributed by atoms with van der Waals surface area (Å²) in [6.45, 7) is 3.76. The maximum absolute atomic E-state index is 5.87. The molecule has 0 aliphatic carbocycles. The highest BCUT2D eigenvalue weighted by molar-refractivity contribution is 7.33. The number of fused-ring (bicyclic) bond motifs is 2. The minimum Gasteiger partial charge on any atom is -0.473 e. The van der Waals surface area contributed by atoms with Gasteiger partial charge in [-0.15, -0.1) is 0 Å². The third-order valence-electron chi connectivity index (χ3n) is 3.83. The van der Waals surface area contributed by atoms with Gasteiger partial charge in [0.05, 0.1) is 21.0 Å². The van der Waals surface area contributed by atoms with Crippen LogP contribution in [0.3, 0.4) is 0 Å². The van der Waals surface area contributed by atoms with Gasteiger partial charge in [0.15, 0.2) is 0 Å². The highest BCUT2D eigenvalue weighted by Crippen LogP contribution is 2.50. The summed E-state index contributed by atoms with van der Waals surface area (Å²) >= 11 is 0. The van der Waals surface area contributed by atoms with Gasteiger partial charge in [0.1, 0.15) is 13.2 Å². The van der Waals surface area contributed by atoms with E-state index in [4.69, 9.17) is 9.47 Å². The van der Waals surface area contributed by atoms with Gasteiger partial charge < -0.3 is 9.47 Å². The van der Waals surface area contributed by atoms with E-state index < -0.39 is 0 Å². The second-order valence-electron chi connectivity index (χ2n) is 5.26. The van der Waals surface area contributed by atoms with E-state index in [0.717, 1.165) is 31.4 Å². The summed E-state index contributed by atoms with van der Waals surface area (Å²) in [4.78, 5) is 0. The summed E-state index contributed by atoms with van der Waals surface area (Å²) in [5.74, 6) is 1.92. The number of ether oxygens (including phenoxy) is 2. The fourth-order valence-corrected chi connectivity index (χ4v) is 4.12. The molecular formula is C14H17N2O2P. The SMILES string of the molecule is C[C@H]1COC2=C3OC[C@H](Cc4ccccc4)N3PN21. The Labute approximate surface area is 114 Å². The largest absolute Gasteiger partial charge is 0.473 e. The molecule has 1 unspecified atom stereocenters. The summed E-state index contributed by atoms with van der Waals surface area (Å²) in [5.41, 5.74) is 1.37. The Morgan fingerprint density at radius 3 is 2.68 bits per heavy atom. The molecular weight excluding hydrogens is 259 g/mol. The standard InChI is InChI=1S/C14H17N2O2P/c1-10-8-17-13-14-16(19-15(10)13)12(9-18-14)7-11-5-3-2-4-6-11/h2-6,10,12,19H,7-9H2,1H3/t10-,12-/m0/s1. The van der Waals surface area contributed by atoms with Crippen LogP contribution in [0.4, 0.5) is 0 Å². The lowest BCUT2D eigenvalue weighted by atomic mass is 10.1. The van der Waals surface area contributed by atoms with Crippen molar-refractivity contribution >= 4 is 8.88 Å². The quantitative estimate of drug-likeness (QED) is 0.774. The fourth-order valence-electron chi connectivity index (χ4n) is 2.78. The molecule has 0 N–H and O–H groups in total. The average Bonchev–Trinajstić information content (AvgIpc) is 3.07. The monoisotopic (exact) mass is 276 g/mol. The van der Waals surface area contributed by atoms with Crippen LogP contribution in [-0.4, -0.2) is 34.6 Å². The lowest BCUT2D eigenvalue weighted by Gasteiger charge is -2.23. The van der Waals surface area contributed by atoms with Crippen LogP contribution in [0.1, 0.15) is 12.5 Å². The Hall–Kier alpha value is -1.41. The zero-order valence-corrected chi connectivity index (χ0v) is 11.9. The number of nitrogens with zero attached hydrogens (tertiary/aromatic N) is 2. The van der Waals surface area contributed by atoms with Crippen molar-refractivity contribution in [3.63, 3.8) is 0 Å². The summed E-state index contributed by atoms with van der Waals surface area (Å²) < 4.78 is 16.3. The number of rotatable bonds is 2. The minimum atomic E-state index is 0.435. The van der Waals surface area contributed by atoms with Crippen molar-refractivity contribution in [2.45, 2.75) is 25.4 Å². The van der Waals surface area contributed by atoms with Gasteiger partial charge >= 0.3 is 0 Å². The number of hydrogen-bond donors (Lipinski definition) is 0. The fraction of sp³-hybridized carbons (Fsp3) is 0.429. The zero-order chi connectivity index (χ0) is 12.8. The maximum atomic E-state index is 5.87. The van der Waals surface area contributed by atoms with Crippen LogP contribution >= 0.6 is 8.88 Å². The van der Waals surface area contributed by atoms with Crippen LogP contribution < -0.4 is 0 Å². The van der Waals surface area contributed by atoms with Crippen LogP contribution in [0, 0.1) is 0 Å². The second-order valence-corrected chi connectivity index (χ2v) is 6.43. The summed E-state index contributed by atoms with van der Waals surface area (Å²) in [7, 11) is 0.631. The number of benzene rings is 1. The van der Waals surface area contributed by atoms with Gasteiger partial charge in [-0.3, -0.25) is 9.34 Å². The van der Waals surface area contributed by atoms with E-state index in [2.05, 4.69) is 46.6 Å². The van der Waals surface area contributed by atoms with Gasteiger partial charge in [0, 0.05) is 0 Å². The predicted octanol–water partition coefficient (Wildman–Crippen LogP) is 2.30. The minimum absolute atomic E-state index is 0.435. The van der Waals surface area contributed by atoms with Crippen molar-refractivity contribution in [2.24, 2.45) is 0 Å². The number of hydrogen-bond acceptors (Lipinski definition) is 4. The second kappa shape index (κ2) is 4.31. The maximum Gasteiger partial charge on any atom is 0.257 e. The van der Waals surface area contributed by atoms with Crippen LogP contribution in [0.25, 0.3) is 0 Å². The molecule has 19 heavy (non-hydrogen) atoms. The average molecular weight is 276 g/mol. The van der Waals surface area contributed by atoms with Crippen LogP contribution in [0.15, 0.2) is 42.1 Å². The van der Waals surface area contributed by atoms with Crippen molar-refractivity contribution in [1.29, 1.82) is 0 Å². The molecule has 4 nitrogen and oxygen atoms in total. The molecule has 1 aromatic carbocycles. The Morgan fingerprint density at radius 1 is 1.11 bits per heavy atom. The molecule has 0 amide bonds. The van der Waals surface area contributed by atoms with Gasteiger partial charge in [0.25, 0.3) is 11.8 Å². The highest BCUT2D eigenvalue weighted by Gasteiger charge is 2.46. The molecule has 1 aromatic rings. The first-order valence-corrected chi connectivity index (χ1v) is 7.61. The predicted molar refractivity (Wildman–Crippen MR) is 74.3 cm³/mol. The van der Waals surface area contributed by atoms with Gasteiger partial charge in [-0.25, -0.2) is 0 Å². The third-order valence-corrected chi connectivity index (χ3v) is 5.47. The molecule has 0 spiro atoms. The van der Waals surface area contributed by atoms with Crippen molar-refractivity contribution in [3.05, 3.63) is 47.7 Å².